The van der Waals surface area contributed by atoms with Crippen molar-refractivity contribution >= 4 is 29.3 Å². The van der Waals surface area contributed by atoms with Gasteiger partial charge in [-0.05, 0) is 50.9 Å². The van der Waals surface area contributed by atoms with Crippen LogP contribution in [0.2, 0.25) is 10.0 Å². The number of azide groups is 1. The molecule has 1 aromatic carbocycles. The van der Waals surface area contributed by atoms with Crippen LogP contribution in [0.25, 0.3) is 10.4 Å². The molecule has 0 saturated carbocycles. The van der Waals surface area contributed by atoms with Gasteiger partial charge in [-0.1, -0.05) is 34.4 Å². The number of nitrogens with zero attached hydrogens (tertiary/aromatic N) is 3. The molecule has 0 saturated heterocycles. The first kappa shape index (κ1) is 18.4. The Labute approximate surface area is 139 Å². The molecule has 0 aliphatic rings. The first-order chi connectivity index (χ1) is 10.1. The molecule has 0 aliphatic carbocycles. The lowest BCUT2D eigenvalue weighted by molar-refractivity contribution is 0.0502. The number of rotatable bonds is 4. The fraction of sp³-hybridized carbons (Fsp3) is 0.500. The fourth-order valence-corrected chi connectivity index (χ4v) is 2.32. The van der Waals surface area contributed by atoms with Gasteiger partial charge in [0.05, 0.1) is 6.04 Å². The largest absolute Gasteiger partial charge is 0.444 e. The number of hydrogen-bond acceptors (Lipinski definition) is 3. The SMILES string of the molecule is CC(NC(=O)OC(C)(C)C)C(N=[N+]=[N-])c1ccc(Cl)cc1Cl. The number of carbonyl (C=O) groups is 1. The summed E-state index contributed by atoms with van der Waals surface area (Å²) in [6.45, 7) is 6.99. The van der Waals surface area contributed by atoms with Crippen LogP contribution in [-0.4, -0.2) is 17.7 Å². The van der Waals surface area contributed by atoms with Gasteiger partial charge in [0.1, 0.15) is 5.60 Å². The van der Waals surface area contributed by atoms with Gasteiger partial charge in [-0.15, -0.1) is 0 Å². The molecule has 0 bridgehead atoms. The quantitative estimate of drug-likeness (QED) is 0.458. The third-order valence-electron chi connectivity index (χ3n) is 2.68. The number of hydrogen-bond donors (Lipinski definition) is 1. The number of benzene rings is 1. The summed E-state index contributed by atoms with van der Waals surface area (Å²) in [5.41, 5.74) is 8.72. The van der Waals surface area contributed by atoms with E-state index in [2.05, 4.69) is 15.3 Å². The molecule has 0 spiro atoms. The summed E-state index contributed by atoms with van der Waals surface area (Å²) in [6, 6.07) is 3.67. The lowest BCUT2D eigenvalue weighted by Gasteiger charge is -2.25. The Balaban J connectivity index is 2.95. The Morgan fingerprint density at radius 1 is 1.41 bits per heavy atom. The van der Waals surface area contributed by atoms with Gasteiger partial charge in [0.25, 0.3) is 0 Å². The highest BCUT2D eigenvalue weighted by Gasteiger charge is 2.24. The average molecular weight is 345 g/mol. The third-order valence-corrected chi connectivity index (χ3v) is 3.24. The summed E-state index contributed by atoms with van der Waals surface area (Å²) in [4.78, 5) is 14.6. The maximum absolute atomic E-state index is 11.8. The minimum Gasteiger partial charge on any atom is -0.444 e. The molecule has 22 heavy (non-hydrogen) atoms. The fourth-order valence-electron chi connectivity index (χ4n) is 1.80. The second kappa shape index (κ2) is 7.58. The summed E-state index contributed by atoms with van der Waals surface area (Å²) in [5.74, 6) is 0. The molecule has 2 unspecified atom stereocenters. The van der Waals surface area contributed by atoms with Crippen LogP contribution in [0.3, 0.4) is 0 Å². The Morgan fingerprint density at radius 3 is 2.55 bits per heavy atom. The molecule has 1 amide bonds. The van der Waals surface area contributed by atoms with Crippen molar-refractivity contribution in [1.82, 2.24) is 5.32 Å². The first-order valence-corrected chi connectivity index (χ1v) is 7.38. The predicted octanol–water partition coefficient (Wildman–Crippen LogP) is 5.26. The molecule has 2 atom stereocenters. The van der Waals surface area contributed by atoms with E-state index in [1.807, 2.05) is 0 Å². The van der Waals surface area contributed by atoms with Crippen molar-refractivity contribution in [2.45, 2.75) is 45.4 Å². The van der Waals surface area contributed by atoms with Gasteiger partial charge >= 0.3 is 6.09 Å². The number of halogens is 2. The molecule has 6 nitrogen and oxygen atoms in total. The smallest absolute Gasteiger partial charge is 0.407 e. The molecule has 0 heterocycles. The molecule has 8 heteroatoms. The summed E-state index contributed by atoms with van der Waals surface area (Å²) < 4.78 is 5.18. The van der Waals surface area contributed by atoms with Gasteiger partial charge < -0.3 is 10.1 Å². The van der Waals surface area contributed by atoms with E-state index in [-0.39, 0.29) is 0 Å². The zero-order valence-electron chi connectivity index (χ0n) is 12.8. The van der Waals surface area contributed by atoms with Gasteiger partial charge in [0, 0.05) is 21.0 Å². The molecule has 0 aromatic heterocycles. The van der Waals surface area contributed by atoms with Gasteiger partial charge in [0.15, 0.2) is 0 Å². The molecule has 0 radical (unpaired) electrons. The molecule has 1 N–H and O–H groups in total. The first-order valence-electron chi connectivity index (χ1n) is 6.62. The molecule has 120 valence electrons. The molecule has 1 aromatic rings. The van der Waals surface area contributed by atoms with Crippen LogP contribution in [-0.2, 0) is 4.74 Å². The standard InChI is InChI=1S/C14H18Cl2N4O2/c1-8(18-13(21)22-14(2,3)4)12(19-20-17)10-6-5-9(15)7-11(10)16/h5-8,12H,1-4H3,(H,18,21). The van der Waals surface area contributed by atoms with Crippen LogP contribution in [0.5, 0.6) is 0 Å². The zero-order chi connectivity index (χ0) is 16.9. The number of carbonyl (C=O) groups excluding carboxylic acids is 1. The highest BCUT2D eigenvalue weighted by atomic mass is 35.5. The van der Waals surface area contributed by atoms with Crippen molar-refractivity contribution in [3.63, 3.8) is 0 Å². The summed E-state index contributed by atoms with van der Waals surface area (Å²) in [6.07, 6.45) is -0.594. The van der Waals surface area contributed by atoms with E-state index in [9.17, 15) is 4.79 Å². The van der Waals surface area contributed by atoms with Crippen LogP contribution < -0.4 is 5.32 Å². The minimum atomic E-state index is -0.678. The van der Waals surface area contributed by atoms with Gasteiger partial charge in [-0.3, -0.25) is 0 Å². The minimum absolute atomic E-state index is 0.364. The van der Waals surface area contributed by atoms with Crippen LogP contribution in [0.15, 0.2) is 23.3 Å². The normalized spacial score (nSPS) is 13.7. The van der Waals surface area contributed by atoms with Crippen molar-refractivity contribution in [3.05, 3.63) is 44.3 Å². The van der Waals surface area contributed by atoms with Crippen molar-refractivity contribution in [2.75, 3.05) is 0 Å². The molecular weight excluding hydrogens is 327 g/mol. The average Bonchev–Trinajstić information content (AvgIpc) is 2.34. The maximum atomic E-state index is 11.8. The summed E-state index contributed by atoms with van der Waals surface area (Å²) >= 11 is 12.0. The van der Waals surface area contributed by atoms with E-state index in [0.717, 1.165) is 0 Å². The van der Waals surface area contributed by atoms with Crippen LogP contribution >= 0.6 is 23.2 Å². The Bertz CT molecular complexity index is 595. The third kappa shape index (κ3) is 5.64. The van der Waals surface area contributed by atoms with Crippen LogP contribution in [0.1, 0.15) is 39.3 Å². The van der Waals surface area contributed by atoms with Crippen molar-refractivity contribution in [2.24, 2.45) is 5.11 Å². The van der Waals surface area contributed by atoms with E-state index in [0.29, 0.717) is 15.6 Å². The topological polar surface area (TPSA) is 87.1 Å². The van der Waals surface area contributed by atoms with Crippen molar-refractivity contribution in [3.8, 4) is 0 Å². The van der Waals surface area contributed by atoms with E-state index in [1.54, 1.807) is 45.9 Å². The highest BCUT2D eigenvalue weighted by Crippen LogP contribution is 2.31. The Hall–Kier alpha value is -1.62. The Morgan fingerprint density at radius 2 is 2.05 bits per heavy atom. The molecular formula is C14H18Cl2N4O2. The lowest BCUT2D eigenvalue weighted by atomic mass is 10.0. The number of nitrogens with one attached hydrogen (secondary N) is 1. The van der Waals surface area contributed by atoms with Gasteiger partial charge in [-0.25, -0.2) is 4.79 Å². The number of amides is 1. The maximum Gasteiger partial charge on any atom is 0.407 e. The number of ether oxygens (including phenoxy) is 1. The van der Waals surface area contributed by atoms with E-state index in [4.69, 9.17) is 33.5 Å². The van der Waals surface area contributed by atoms with E-state index >= 15 is 0 Å². The molecule has 1 rings (SSSR count). The second-order valence-electron chi connectivity index (χ2n) is 5.75. The van der Waals surface area contributed by atoms with E-state index in [1.165, 1.54) is 0 Å². The second-order valence-corrected chi connectivity index (χ2v) is 6.59. The molecule has 0 aliphatic heterocycles. The Kier molecular flexibility index (Phi) is 6.35. The van der Waals surface area contributed by atoms with E-state index < -0.39 is 23.8 Å². The van der Waals surface area contributed by atoms with Gasteiger partial charge in [0.2, 0.25) is 0 Å². The molecule has 0 fully saturated rings. The lowest BCUT2D eigenvalue weighted by Crippen LogP contribution is -2.40. The summed E-state index contributed by atoms with van der Waals surface area (Å²) in [5, 5.41) is 7.20. The van der Waals surface area contributed by atoms with Crippen molar-refractivity contribution in [1.29, 1.82) is 0 Å². The van der Waals surface area contributed by atoms with Crippen molar-refractivity contribution < 1.29 is 9.53 Å². The monoisotopic (exact) mass is 344 g/mol. The summed E-state index contributed by atoms with van der Waals surface area (Å²) in [7, 11) is 0. The predicted molar refractivity (Wildman–Crippen MR) is 87.2 cm³/mol. The van der Waals surface area contributed by atoms with Crippen LogP contribution in [0, 0.1) is 0 Å². The highest BCUT2D eigenvalue weighted by molar-refractivity contribution is 6.35. The zero-order valence-corrected chi connectivity index (χ0v) is 14.3. The van der Waals surface area contributed by atoms with Gasteiger partial charge in [-0.2, -0.15) is 0 Å². The number of alkyl carbamates (subject to hydrolysis) is 1. The van der Waals surface area contributed by atoms with Crippen LogP contribution in [0.4, 0.5) is 4.79 Å².